The number of ether oxygens (including phenoxy) is 1. The lowest BCUT2D eigenvalue weighted by atomic mass is 10.1. The van der Waals surface area contributed by atoms with Crippen molar-refractivity contribution >= 4 is 11.6 Å². The van der Waals surface area contributed by atoms with Crippen LogP contribution < -0.4 is 15.8 Å². The minimum absolute atomic E-state index is 0.113. The van der Waals surface area contributed by atoms with Gasteiger partial charge in [0.1, 0.15) is 5.75 Å². The molecule has 0 heterocycles. The highest BCUT2D eigenvalue weighted by molar-refractivity contribution is 5.99. The van der Waals surface area contributed by atoms with Gasteiger partial charge in [-0.3, -0.25) is 4.79 Å². The lowest BCUT2D eigenvalue weighted by Crippen LogP contribution is -2.27. The monoisotopic (exact) mass is 248 g/mol. The van der Waals surface area contributed by atoms with Crippen LogP contribution in [0.4, 0.5) is 5.69 Å². The van der Waals surface area contributed by atoms with Gasteiger partial charge in [0.15, 0.2) is 0 Å². The van der Waals surface area contributed by atoms with Gasteiger partial charge >= 0.3 is 0 Å². The van der Waals surface area contributed by atoms with Crippen molar-refractivity contribution in [3.63, 3.8) is 0 Å². The molecule has 3 N–H and O–H groups in total. The van der Waals surface area contributed by atoms with Crippen molar-refractivity contribution in [1.82, 2.24) is 5.32 Å². The van der Waals surface area contributed by atoms with E-state index in [1.165, 1.54) is 6.42 Å². The third-order valence-corrected chi connectivity index (χ3v) is 3.73. The molecular formula is C14H20N2O2. The van der Waals surface area contributed by atoms with Crippen molar-refractivity contribution in [2.45, 2.75) is 20.3 Å². The van der Waals surface area contributed by atoms with Crippen LogP contribution in [0.2, 0.25) is 0 Å². The van der Waals surface area contributed by atoms with E-state index in [0.717, 1.165) is 6.54 Å². The largest absolute Gasteiger partial charge is 0.497 e. The van der Waals surface area contributed by atoms with Crippen LogP contribution in [0.15, 0.2) is 18.2 Å². The van der Waals surface area contributed by atoms with E-state index in [-0.39, 0.29) is 5.91 Å². The standard InChI is InChI=1S/C14H20N2O2/c1-14(2)7-9(14)8-16-13(17)11-5-4-10(18-3)6-12(11)15/h4-6,9H,7-8,15H2,1-3H3,(H,16,17). The summed E-state index contributed by atoms with van der Waals surface area (Å²) in [6.45, 7) is 5.15. The molecule has 1 aromatic carbocycles. The first-order chi connectivity index (χ1) is 8.44. The molecule has 0 aromatic heterocycles. The summed E-state index contributed by atoms with van der Waals surface area (Å²) in [6, 6.07) is 5.10. The minimum Gasteiger partial charge on any atom is -0.497 e. The lowest BCUT2D eigenvalue weighted by Gasteiger charge is -2.09. The van der Waals surface area contributed by atoms with Gasteiger partial charge in [0.05, 0.1) is 12.7 Å². The molecule has 0 radical (unpaired) electrons. The number of benzene rings is 1. The van der Waals surface area contributed by atoms with Crippen molar-refractivity contribution in [3.05, 3.63) is 23.8 Å². The van der Waals surface area contributed by atoms with E-state index in [4.69, 9.17) is 10.5 Å². The second-order valence-electron chi connectivity index (χ2n) is 5.55. The van der Waals surface area contributed by atoms with Crippen LogP contribution in [-0.2, 0) is 0 Å². The molecule has 1 saturated carbocycles. The molecule has 1 amide bonds. The summed E-state index contributed by atoms with van der Waals surface area (Å²) in [7, 11) is 1.57. The zero-order chi connectivity index (χ0) is 13.3. The number of hydrogen-bond acceptors (Lipinski definition) is 3. The number of nitrogen functional groups attached to an aromatic ring is 1. The molecule has 0 saturated heterocycles. The normalized spacial score (nSPS) is 20.3. The fourth-order valence-corrected chi connectivity index (χ4v) is 2.11. The number of carbonyl (C=O) groups excluding carboxylic acids is 1. The van der Waals surface area contributed by atoms with E-state index in [9.17, 15) is 4.79 Å². The first-order valence-electron chi connectivity index (χ1n) is 6.16. The Labute approximate surface area is 108 Å². The zero-order valence-corrected chi connectivity index (χ0v) is 11.1. The molecule has 1 aromatic rings. The third kappa shape index (κ3) is 2.58. The Kier molecular flexibility index (Phi) is 3.20. The molecule has 1 atom stereocenters. The summed E-state index contributed by atoms with van der Waals surface area (Å²) in [5.74, 6) is 1.13. The van der Waals surface area contributed by atoms with Gasteiger partial charge in [0.2, 0.25) is 0 Å². The zero-order valence-electron chi connectivity index (χ0n) is 11.1. The molecule has 18 heavy (non-hydrogen) atoms. The van der Waals surface area contributed by atoms with E-state index in [2.05, 4.69) is 19.2 Å². The highest BCUT2D eigenvalue weighted by Gasteiger charge is 2.45. The number of rotatable bonds is 4. The molecule has 0 bridgehead atoms. The lowest BCUT2D eigenvalue weighted by molar-refractivity contribution is 0.0951. The molecular weight excluding hydrogens is 228 g/mol. The van der Waals surface area contributed by atoms with Crippen molar-refractivity contribution in [1.29, 1.82) is 0 Å². The van der Waals surface area contributed by atoms with Crippen LogP contribution in [0, 0.1) is 11.3 Å². The summed E-state index contributed by atoms with van der Waals surface area (Å²) in [5, 5.41) is 2.94. The predicted octanol–water partition coefficient (Wildman–Crippen LogP) is 2.05. The van der Waals surface area contributed by atoms with Crippen LogP contribution in [0.5, 0.6) is 5.75 Å². The maximum absolute atomic E-state index is 12.0. The number of hydrogen-bond donors (Lipinski definition) is 2. The van der Waals surface area contributed by atoms with Crippen LogP contribution in [0.1, 0.15) is 30.6 Å². The highest BCUT2D eigenvalue weighted by atomic mass is 16.5. The number of nitrogens with two attached hydrogens (primary N) is 1. The summed E-state index contributed by atoms with van der Waals surface area (Å²) in [5.41, 5.74) is 7.16. The number of nitrogens with one attached hydrogen (secondary N) is 1. The van der Waals surface area contributed by atoms with E-state index < -0.39 is 0 Å². The van der Waals surface area contributed by atoms with Gasteiger partial charge in [-0.2, -0.15) is 0 Å². The summed E-state index contributed by atoms with van der Waals surface area (Å²) >= 11 is 0. The fraction of sp³-hybridized carbons (Fsp3) is 0.500. The van der Waals surface area contributed by atoms with Crippen molar-refractivity contribution in [2.24, 2.45) is 11.3 Å². The van der Waals surface area contributed by atoms with Gasteiger partial charge < -0.3 is 15.8 Å². The minimum atomic E-state index is -0.113. The Hall–Kier alpha value is -1.71. The summed E-state index contributed by atoms with van der Waals surface area (Å²) in [4.78, 5) is 12.0. The Morgan fingerprint density at radius 3 is 2.72 bits per heavy atom. The third-order valence-electron chi connectivity index (χ3n) is 3.73. The van der Waals surface area contributed by atoms with Crippen molar-refractivity contribution in [2.75, 3.05) is 19.4 Å². The first kappa shape index (κ1) is 12.7. The average Bonchev–Trinajstić information content (AvgIpc) is 2.94. The highest BCUT2D eigenvalue weighted by Crippen LogP contribution is 2.50. The Balaban J connectivity index is 1.96. The van der Waals surface area contributed by atoms with Gasteiger partial charge in [-0.1, -0.05) is 13.8 Å². The summed E-state index contributed by atoms with van der Waals surface area (Å²) < 4.78 is 5.05. The Morgan fingerprint density at radius 2 is 2.22 bits per heavy atom. The van der Waals surface area contributed by atoms with Gasteiger partial charge in [0.25, 0.3) is 5.91 Å². The van der Waals surface area contributed by atoms with Crippen LogP contribution in [-0.4, -0.2) is 19.6 Å². The van der Waals surface area contributed by atoms with Crippen LogP contribution in [0.25, 0.3) is 0 Å². The second-order valence-corrected chi connectivity index (χ2v) is 5.55. The SMILES string of the molecule is COc1ccc(C(=O)NCC2CC2(C)C)c(N)c1. The molecule has 0 spiro atoms. The molecule has 1 unspecified atom stereocenters. The predicted molar refractivity (Wildman–Crippen MR) is 71.6 cm³/mol. The maximum atomic E-state index is 12.0. The van der Waals surface area contributed by atoms with Gasteiger partial charge in [-0.05, 0) is 29.9 Å². The van der Waals surface area contributed by atoms with E-state index in [1.54, 1.807) is 25.3 Å². The van der Waals surface area contributed by atoms with E-state index in [1.807, 2.05) is 0 Å². The molecule has 1 fully saturated rings. The smallest absolute Gasteiger partial charge is 0.253 e. The first-order valence-corrected chi connectivity index (χ1v) is 6.16. The van der Waals surface area contributed by atoms with Gasteiger partial charge in [-0.25, -0.2) is 0 Å². The fourth-order valence-electron chi connectivity index (χ4n) is 2.11. The Morgan fingerprint density at radius 1 is 1.56 bits per heavy atom. The van der Waals surface area contributed by atoms with Crippen LogP contribution in [0.3, 0.4) is 0 Å². The number of anilines is 1. The van der Waals surface area contributed by atoms with E-state index >= 15 is 0 Å². The number of methoxy groups -OCH3 is 1. The van der Waals surface area contributed by atoms with Crippen molar-refractivity contribution in [3.8, 4) is 5.75 Å². The molecule has 1 aliphatic carbocycles. The topological polar surface area (TPSA) is 64.3 Å². The Bertz CT molecular complexity index is 469. The molecule has 0 aliphatic heterocycles. The quantitative estimate of drug-likeness (QED) is 0.802. The van der Waals surface area contributed by atoms with Gasteiger partial charge in [-0.15, -0.1) is 0 Å². The number of carbonyl (C=O) groups is 1. The molecule has 1 aliphatic rings. The second kappa shape index (κ2) is 4.52. The van der Waals surface area contributed by atoms with E-state index in [0.29, 0.717) is 28.3 Å². The molecule has 2 rings (SSSR count). The summed E-state index contributed by atoms with van der Waals surface area (Å²) in [6.07, 6.45) is 1.17. The van der Waals surface area contributed by atoms with Gasteiger partial charge in [0, 0.05) is 18.3 Å². The number of amides is 1. The maximum Gasteiger partial charge on any atom is 0.253 e. The van der Waals surface area contributed by atoms with Crippen LogP contribution >= 0.6 is 0 Å². The average molecular weight is 248 g/mol. The molecule has 98 valence electrons. The van der Waals surface area contributed by atoms with Crippen molar-refractivity contribution < 1.29 is 9.53 Å². The molecule has 4 nitrogen and oxygen atoms in total. The molecule has 4 heteroatoms.